The van der Waals surface area contributed by atoms with Crippen molar-refractivity contribution in [1.82, 2.24) is 0 Å². The van der Waals surface area contributed by atoms with E-state index < -0.39 is 25.7 Å². The third-order valence-electron chi connectivity index (χ3n) is 3.15. The van der Waals surface area contributed by atoms with Gasteiger partial charge in [-0.05, 0) is 24.3 Å². The molecule has 0 bridgehead atoms. The number of alkyl halides is 1. The highest BCUT2D eigenvalue weighted by molar-refractivity contribution is 14.1. The van der Waals surface area contributed by atoms with Crippen molar-refractivity contribution in [3.8, 4) is 11.5 Å². The van der Waals surface area contributed by atoms with Crippen molar-refractivity contribution >= 4 is 45.9 Å². The highest BCUT2D eigenvalue weighted by Gasteiger charge is 2.22. The lowest BCUT2D eigenvalue weighted by Gasteiger charge is -2.10. The van der Waals surface area contributed by atoms with Crippen LogP contribution in [0.3, 0.4) is 0 Å². The quantitative estimate of drug-likeness (QED) is 0.145. The lowest BCUT2D eigenvalue weighted by Crippen LogP contribution is -2.25. The molecule has 1 unspecified atom stereocenters. The normalized spacial score (nSPS) is 11.3. The second kappa shape index (κ2) is 9.02. The van der Waals surface area contributed by atoms with Crippen molar-refractivity contribution in [2.45, 2.75) is 10.3 Å². The van der Waals surface area contributed by atoms with E-state index in [1.165, 1.54) is 48.5 Å². The summed E-state index contributed by atoms with van der Waals surface area (Å²) in [4.78, 5) is 43.8. The largest absolute Gasteiger partial charge is 0.426 e. The number of rotatable bonds is 7. The summed E-state index contributed by atoms with van der Waals surface area (Å²) in [5.41, 5.74) is -0.291. The van der Waals surface area contributed by atoms with Gasteiger partial charge < -0.3 is 9.47 Å². The van der Waals surface area contributed by atoms with Crippen LogP contribution in [-0.2, 0) is 9.59 Å². The summed E-state index contributed by atoms with van der Waals surface area (Å²) in [7, 11) is 0. The van der Waals surface area contributed by atoms with Crippen LogP contribution in [0.4, 0.5) is 11.4 Å². The van der Waals surface area contributed by atoms with E-state index in [1.807, 2.05) is 0 Å². The Balaban J connectivity index is 1.88. The van der Waals surface area contributed by atoms with Gasteiger partial charge in [-0.25, -0.2) is 0 Å². The second-order valence-corrected chi connectivity index (χ2v) is 6.57. The average molecular weight is 486 g/mol. The number of benzene rings is 2. The van der Waals surface area contributed by atoms with Crippen molar-refractivity contribution in [2.75, 3.05) is 0 Å². The molecular formula is C16H11IN2O8. The number of nitro groups is 2. The SMILES string of the molecule is O=C(CC(I)C(=O)Oc1ccc([N+](=O)[O-])cc1)Oc1ccc([N+](=O)[O-])cc1. The fourth-order valence-corrected chi connectivity index (χ4v) is 2.34. The smallest absolute Gasteiger partial charge is 0.324 e. The molecule has 0 saturated carbocycles. The van der Waals surface area contributed by atoms with Crippen LogP contribution in [0, 0.1) is 20.2 Å². The van der Waals surface area contributed by atoms with Crippen LogP contribution in [0.15, 0.2) is 48.5 Å². The number of hydrogen-bond acceptors (Lipinski definition) is 8. The number of nitro benzene ring substituents is 2. The lowest BCUT2D eigenvalue weighted by atomic mass is 10.3. The van der Waals surface area contributed by atoms with Crippen molar-refractivity contribution in [3.63, 3.8) is 0 Å². The first kappa shape index (κ1) is 20.2. The molecule has 11 heteroatoms. The number of halogens is 1. The van der Waals surface area contributed by atoms with Gasteiger partial charge in [-0.1, -0.05) is 22.6 Å². The van der Waals surface area contributed by atoms with Crippen LogP contribution in [0.1, 0.15) is 6.42 Å². The van der Waals surface area contributed by atoms with Crippen molar-refractivity contribution < 1.29 is 28.9 Å². The van der Waals surface area contributed by atoms with E-state index in [4.69, 9.17) is 9.47 Å². The molecule has 0 amide bonds. The zero-order chi connectivity index (χ0) is 20.0. The second-order valence-electron chi connectivity index (χ2n) is 5.07. The molecule has 0 N–H and O–H groups in total. The molecule has 0 spiro atoms. The van der Waals surface area contributed by atoms with E-state index in [9.17, 15) is 29.8 Å². The summed E-state index contributed by atoms with van der Waals surface area (Å²) in [6.45, 7) is 0. The Labute approximate surface area is 165 Å². The predicted molar refractivity (Wildman–Crippen MR) is 99.9 cm³/mol. The Hall–Kier alpha value is -3.09. The van der Waals surface area contributed by atoms with Crippen LogP contribution >= 0.6 is 22.6 Å². The topological polar surface area (TPSA) is 139 Å². The number of nitrogens with zero attached hydrogens (tertiary/aromatic N) is 2. The van der Waals surface area contributed by atoms with Crippen LogP contribution in [0.2, 0.25) is 0 Å². The van der Waals surface area contributed by atoms with Gasteiger partial charge in [0.25, 0.3) is 11.4 Å². The average Bonchev–Trinajstić information content (AvgIpc) is 2.62. The van der Waals surface area contributed by atoms with Gasteiger partial charge in [-0.3, -0.25) is 29.8 Å². The standard InChI is InChI=1S/C16H11IN2O8/c17-14(16(21)27-13-7-3-11(4-8-13)19(24)25)9-15(20)26-12-5-1-10(2-6-12)18(22)23/h1-8,14H,9H2. The molecule has 2 rings (SSSR count). The molecule has 0 heterocycles. The van der Waals surface area contributed by atoms with Gasteiger partial charge >= 0.3 is 11.9 Å². The van der Waals surface area contributed by atoms with Crippen LogP contribution in [0.5, 0.6) is 11.5 Å². The zero-order valence-corrected chi connectivity index (χ0v) is 15.6. The zero-order valence-electron chi connectivity index (χ0n) is 13.4. The maximum Gasteiger partial charge on any atom is 0.324 e. The van der Waals surface area contributed by atoms with E-state index in [0.29, 0.717) is 0 Å². The summed E-state index contributed by atoms with van der Waals surface area (Å²) >= 11 is 1.71. The van der Waals surface area contributed by atoms with E-state index in [1.54, 1.807) is 22.6 Å². The first-order valence-corrected chi connectivity index (χ1v) is 8.56. The van der Waals surface area contributed by atoms with Crippen molar-refractivity contribution in [1.29, 1.82) is 0 Å². The Morgan fingerprint density at radius 1 is 0.852 bits per heavy atom. The molecule has 0 fully saturated rings. The summed E-state index contributed by atoms with van der Waals surface area (Å²) in [6.07, 6.45) is -0.288. The minimum Gasteiger partial charge on any atom is -0.426 e. The molecular weight excluding hydrogens is 475 g/mol. The Bertz CT molecular complexity index is 867. The predicted octanol–water partition coefficient (Wildman–Crippen LogP) is 3.21. The first-order chi connectivity index (χ1) is 12.8. The molecule has 0 radical (unpaired) electrons. The monoisotopic (exact) mass is 486 g/mol. The van der Waals surface area contributed by atoms with Gasteiger partial charge in [-0.2, -0.15) is 0 Å². The minimum absolute atomic E-state index is 0.107. The lowest BCUT2D eigenvalue weighted by molar-refractivity contribution is -0.385. The third-order valence-corrected chi connectivity index (χ3v) is 4.10. The molecule has 0 aliphatic rings. The molecule has 140 valence electrons. The van der Waals surface area contributed by atoms with Crippen LogP contribution in [-0.4, -0.2) is 25.7 Å². The van der Waals surface area contributed by atoms with E-state index >= 15 is 0 Å². The number of non-ortho nitro benzene ring substituents is 2. The Morgan fingerprint density at radius 3 is 1.67 bits per heavy atom. The maximum absolute atomic E-state index is 12.0. The molecule has 0 aliphatic carbocycles. The summed E-state index contributed by atoms with van der Waals surface area (Å²) in [6, 6.07) is 9.84. The fourth-order valence-electron chi connectivity index (χ4n) is 1.85. The molecule has 2 aromatic carbocycles. The van der Waals surface area contributed by atoms with E-state index in [2.05, 4.69) is 0 Å². The molecule has 0 aromatic heterocycles. The number of ether oxygens (including phenoxy) is 2. The van der Waals surface area contributed by atoms with Gasteiger partial charge in [0.15, 0.2) is 0 Å². The number of esters is 2. The van der Waals surface area contributed by atoms with Gasteiger partial charge in [0.1, 0.15) is 15.4 Å². The molecule has 0 aliphatic heterocycles. The highest BCUT2D eigenvalue weighted by Crippen LogP contribution is 2.21. The van der Waals surface area contributed by atoms with Gasteiger partial charge in [0.2, 0.25) is 0 Å². The maximum atomic E-state index is 12.0. The first-order valence-electron chi connectivity index (χ1n) is 7.31. The molecule has 1 atom stereocenters. The third kappa shape index (κ3) is 5.99. The van der Waals surface area contributed by atoms with Gasteiger partial charge in [-0.15, -0.1) is 0 Å². The molecule has 2 aromatic rings. The molecule has 27 heavy (non-hydrogen) atoms. The van der Waals surface area contributed by atoms with Crippen molar-refractivity contribution in [3.05, 3.63) is 68.8 Å². The van der Waals surface area contributed by atoms with E-state index in [-0.39, 0.29) is 29.3 Å². The summed E-state index contributed by atoms with van der Waals surface area (Å²) < 4.78 is 9.21. The summed E-state index contributed by atoms with van der Waals surface area (Å²) in [5, 5.41) is 21.1. The molecule has 10 nitrogen and oxygen atoms in total. The highest BCUT2D eigenvalue weighted by atomic mass is 127. The van der Waals surface area contributed by atoms with Gasteiger partial charge in [0.05, 0.1) is 16.3 Å². The minimum atomic E-state index is -0.858. The Kier molecular flexibility index (Phi) is 6.76. The van der Waals surface area contributed by atoms with Crippen LogP contribution in [0.25, 0.3) is 0 Å². The van der Waals surface area contributed by atoms with Crippen molar-refractivity contribution in [2.24, 2.45) is 0 Å². The number of hydrogen-bond donors (Lipinski definition) is 0. The molecule has 0 saturated heterocycles. The van der Waals surface area contributed by atoms with Crippen LogP contribution < -0.4 is 9.47 Å². The van der Waals surface area contributed by atoms with Gasteiger partial charge in [0, 0.05) is 24.3 Å². The fraction of sp³-hybridized carbons (Fsp3) is 0.125. The Morgan fingerprint density at radius 2 is 1.26 bits per heavy atom. The number of carbonyl (C=O) groups is 2. The van der Waals surface area contributed by atoms with E-state index in [0.717, 1.165) is 0 Å². The number of carbonyl (C=O) groups excluding carboxylic acids is 2. The summed E-state index contributed by atoms with van der Waals surface area (Å²) in [5.74, 6) is -1.22.